The van der Waals surface area contributed by atoms with Crippen LogP contribution in [0.3, 0.4) is 0 Å². The van der Waals surface area contributed by atoms with Gasteiger partial charge in [0.05, 0.1) is 0 Å². The lowest BCUT2D eigenvalue weighted by Crippen LogP contribution is -1.90. The summed E-state index contributed by atoms with van der Waals surface area (Å²) < 4.78 is 1.05. The van der Waals surface area contributed by atoms with Gasteiger partial charge in [0.25, 0.3) is 0 Å². The van der Waals surface area contributed by atoms with E-state index in [0.717, 1.165) is 14.9 Å². The standard InChI is InChI=1S/C15H15BrO2S/c1-9(2)15-13(17)5-10(6-14(15)18)3-4-12-7-11(16)8-19-12/h3-9,17-18H,1-2H3. The fourth-order valence-corrected chi connectivity index (χ4v) is 3.26. The van der Waals surface area contributed by atoms with E-state index < -0.39 is 0 Å². The first-order valence-electron chi connectivity index (χ1n) is 5.95. The van der Waals surface area contributed by atoms with Crippen LogP contribution in [0.1, 0.15) is 35.8 Å². The molecule has 0 saturated heterocycles. The monoisotopic (exact) mass is 338 g/mol. The molecule has 1 aromatic heterocycles. The van der Waals surface area contributed by atoms with Crippen molar-refractivity contribution in [3.8, 4) is 11.5 Å². The van der Waals surface area contributed by atoms with Crippen LogP contribution in [0.15, 0.2) is 28.1 Å². The summed E-state index contributed by atoms with van der Waals surface area (Å²) in [6, 6.07) is 5.37. The van der Waals surface area contributed by atoms with Crippen LogP contribution in [0.4, 0.5) is 0 Å². The molecule has 0 amide bonds. The normalized spacial score (nSPS) is 11.6. The van der Waals surface area contributed by atoms with Gasteiger partial charge in [-0.1, -0.05) is 19.9 Å². The van der Waals surface area contributed by atoms with Gasteiger partial charge >= 0.3 is 0 Å². The number of rotatable bonds is 3. The van der Waals surface area contributed by atoms with Crippen molar-refractivity contribution in [3.05, 3.63) is 44.1 Å². The SMILES string of the molecule is CC(C)c1c(O)cc(C=Cc2cc(Br)cs2)cc1O. The molecule has 0 fully saturated rings. The topological polar surface area (TPSA) is 40.5 Å². The molecular weight excluding hydrogens is 324 g/mol. The molecule has 0 aliphatic carbocycles. The average Bonchev–Trinajstić information content (AvgIpc) is 2.71. The molecule has 0 aliphatic rings. The first-order chi connectivity index (χ1) is 8.97. The van der Waals surface area contributed by atoms with Crippen LogP contribution in [0.5, 0.6) is 11.5 Å². The van der Waals surface area contributed by atoms with Crippen molar-refractivity contribution in [1.82, 2.24) is 0 Å². The second-order valence-electron chi connectivity index (χ2n) is 4.63. The van der Waals surface area contributed by atoms with Gasteiger partial charge in [0.1, 0.15) is 11.5 Å². The molecular formula is C15H15BrO2S. The molecule has 0 radical (unpaired) electrons. The van der Waals surface area contributed by atoms with E-state index in [4.69, 9.17) is 0 Å². The maximum Gasteiger partial charge on any atom is 0.123 e. The van der Waals surface area contributed by atoms with Gasteiger partial charge in [0, 0.05) is 20.3 Å². The number of phenols is 2. The van der Waals surface area contributed by atoms with Crippen LogP contribution in [0, 0.1) is 0 Å². The smallest absolute Gasteiger partial charge is 0.123 e. The lowest BCUT2D eigenvalue weighted by atomic mass is 9.99. The van der Waals surface area contributed by atoms with Crippen LogP contribution in [-0.4, -0.2) is 10.2 Å². The predicted octanol–water partition coefficient (Wildman–Crippen LogP) is 5.22. The molecule has 0 saturated carbocycles. The zero-order valence-corrected chi connectivity index (χ0v) is 13.1. The molecule has 0 bridgehead atoms. The van der Waals surface area contributed by atoms with Crippen molar-refractivity contribution in [2.24, 2.45) is 0 Å². The molecule has 0 aliphatic heterocycles. The Morgan fingerprint density at radius 3 is 2.21 bits per heavy atom. The minimum absolute atomic E-state index is 0.0891. The van der Waals surface area contributed by atoms with E-state index in [1.807, 2.05) is 37.4 Å². The van der Waals surface area contributed by atoms with Crippen molar-refractivity contribution in [2.75, 3.05) is 0 Å². The average molecular weight is 339 g/mol. The summed E-state index contributed by atoms with van der Waals surface area (Å²) in [7, 11) is 0. The van der Waals surface area contributed by atoms with Gasteiger partial charge in [-0.15, -0.1) is 11.3 Å². The molecule has 2 N–H and O–H groups in total. The highest BCUT2D eigenvalue weighted by molar-refractivity contribution is 9.10. The van der Waals surface area contributed by atoms with Gasteiger partial charge in [0.2, 0.25) is 0 Å². The van der Waals surface area contributed by atoms with Crippen molar-refractivity contribution in [3.63, 3.8) is 0 Å². The van der Waals surface area contributed by atoms with Gasteiger partial charge in [0.15, 0.2) is 0 Å². The molecule has 0 unspecified atom stereocenters. The second-order valence-corrected chi connectivity index (χ2v) is 6.49. The highest BCUT2D eigenvalue weighted by atomic mass is 79.9. The summed E-state index contributed by atoms with van der Waals surface area (Å²) in [6.07, 6.45) is 3.83. The Morgan fingerprint density at radius 1 is 1.11 bits per heavy atom. The van der Waals surface area contributed by atoms with E-state index in [1.165, 1.54) is 0 Å². The van der Waals surface area contributed by atoms with Crippen molar-refractivity contribution < 1.29 is 10.2 Å². The Bertz CT molecular complexity index is 591. The van der Waals surface area contributed by atoms with E-state index in [1.54, 1.807) is 23.5 Å². The predicted molar refractivity (Wildman–Crippen MR) is 84.8 cm³/mol. The third-order valence-corrected chi connectivity index (χ3v) is 4.42. The Kier molecular flexibility index (Phi) is 4.32. The molecule has 2 aromatic rings. The highest BCUT2D eigenvalue weighted by Gasteiger charge is 2.12. The zero-order valence-electron chi connectivity index (χ0n) is 10.7. The highest BCUT2D eigenvalue weighted by Crippen LogP contribution is 2.35. The minimum Gasteiger partial charge on any atom is -0.507 e. The van der Waals surface area contributed by atoms with E-state index in [-0.39, 0.29) is 17.4 Å². The molecule has 0 spiro atoms. The second kappa shape index (κ2) is 5.80. The maximum atomic E-state index is 9.95. The van der Waals surface area contributed by atoms with Crippen molar-refractivity contribution in [2.45, 2.75) is 19.8 Å². The Hall–Kier alpha value is -1.26. The molecule has 19 heavy (non-hydrogen) atoms. The van der Waals surface area contributed by atoms with E-state index in [2.05, 4.69) is 15.9 Å². The van der Waals surface area contributed by atoms with Gasteiger partial charge in [-0.2, -0.15) is 0 Å². The summed E-state index contributed by atoms with van der Waals surface area (Å²) >= 11 is 5.03. The fraction of sp³-hybridized carbons (Fsp3) is 0.200. The van der Waals surface area contributed by atoms with Crippen molar-refractivity contribution in [1.29, 1.82) is 0 Å². The summed E-state index contributed by atoms with van der Waals surface area (Å²) in [6.45, 7) is 3.88. The first kappa shape index (κ1) is 14.2. The van der Waals surface area contributed by atoms with E-state index in [0.29, 0.717) is 5.56 Å². The molecule has 1 aromatic carbocycles. The molecule has 4 heteroatoms. The largest absolute Gasteiger partial charge is 0.507 e. The third-order valence-electron chi connectivity index (χ3n) is 2.76. The third kappa shape index (κ3) is 3.39. The van der Waals surface area contributed by atoms with Crippen molar-refractivity contribution >= 4 is 39.4 Å². The molecule has 2 nitrogen and oxygen atoms in total. The van der Waals surface area contributed by atoms with E-state index in [9.17, 15) is 10.2 Å². The number of benzene rings is 1. The molecule has 2 rings (SSSR count). The fourth-order valence-electron chi connectivity index (χ4n) is 1.93. The number of halogens is 1. The summed E-state index contributed by atoms with van der Waals surface area (Å²) in [4.78, 5) is 1.11. The Labute approximate surface area is 125 Å². The van der Waals surface area contributed by atoms with Crippen LogP contribution in [-0.2, 0) is 0 Å². The van der Waals surface area contributed by atoms with Crippen LogP contribution < -0.4 is 0 Å². The first-order valence-corrected chi connectivity index (χ1v) is 7.62. The molecule has 1 heterocycles. The summed E-state index contributed by atoms with van der Waals surface area (Å²) in [5, 5.41) is 21.9. The molecule has 100 valence electrons. The van der Waals surface area contributed by atoms with Gasteiger partial charge in [-0.05, 0) is 51.7 Å². The number of aromatic hydroxyl groups is 2. The van der Waals surface area contributed by atoms with Crippen LogP contribution in [0.25, 0.3) is 12.2 Å². The van der Waals surface area contributed by atoms with Gasteiger partial charge in [-0.25, -0.2) is 0 Å². The summed E-state index contributed by atoms with van der Waals surface area (Å²) in [5.74, 6) is 0.371. The maximum absolute atomic E-state index is 9.95. The number of hydrogen-bond donors (Lipinski definition) is 2. The van der Waals surface area contributed by atoms with Crippen LogP contribution >= 0.6 is 27.3 Å². The zero-order chi connectivity index (χ0) is 14.0. The number of phenolic OH excluding ortho intramolecular Hbond substituents is 2. The Balaban J connectivity index is 2.29. The molecule has 0 atom stereocenters. The van der Waals surface area contributed by atoms with Crippen LogP contribution in [0.2, 0.25) is 0 Å². The quantitative estimate of drug-likeness (QED) is 0.805. The van der Waals surface area contributed by atoms with Gasteiger partial charge in [-0.3, -0.25) is 0 Å². The number of thiophene rings is 1. The Morgan fingerprint density at radius 2 is 1.74 bits per heavy atom. The minimum atomic E-state index is 0.0891. The summed E-state index contributed by atoms with van der Waals surface area (Å²) in [5.41, 5.74) is 1.37. The lowest BCUT2D eigenvalue weighted by molar-refractivity contribution is 0.433. The number of hydrogen-bond acceptors (Lipinski definition) is 3. The van der Waals surface area contributed by atoms with Gasteiger partial charge < -0.3 is 10.2 Å². The lowest BCUT2D eigenvalue weighted by Gasteiger charge is -2.11. The van der Waals surface area contributed by atoms with E-state index >= 15 is 0 Å².